The number of rotatable bonds is 8. The van der Waals surface area contributed by atoms with Gasteiger partial charge in [-0.1, -0.05) is 121 Å². The van der Waals surface area contributed by atoms with Crippen molar-refractivity contribution in [3.63, 3.8) is 0 Å². The zero-order valence-corrected chi connectivity index (χ0v) is 21.9. The number of hydrogen-bond acceptors (Lipinski definition) is 0. The van der Waals surface area contributed by atoms with Crippen LogP contribution in [0.4, 0.5) is 0 Å². The highest BCUT2D eigenvalue weighted by Gasteiger charge is 2.52. The van der Waals surface area contributed by atoms with E-state index in [0.29, 0.717) is 0 Å². The van der Waals surface area contributed by atoms with E-state index in [9.17, 15) is 0 Å². The molecular weight excluding hydrogens is 446 g/mol. The molecular formula is C32H36P2+2. The molecule has 1 saturated heterocycles. The van der Waals surface area contributed by atoms with Crippen molar-refractivity contribution in [3.8, 4) is 0 Å². The van der Waals surface area contributed by atoms with E-state index in [1.807, 2.05) is 0 Å². The molecule has 4 aromatic carbocycles. The Morgan fingerprint density at radius 1 is 0.324 bits per heavy atom. The number of benzene rings is 4. The summed E-state index contributed by atoms with van der Waals surface area (Å²) in [5.41, 5.74) is 6.18. The van der Waals surface area contributed by atoms with Crippen molar-refractivity contribution in [2.45, 2.75) is 24.6 Å². The van der Waals surface area contributed by atoms with E-state index in [2.05, 4.69) is 121 Å². The third kappa shape index (κ3) is 6.05. The fourth-order valence-corrected chi connectivity index (χ4v) is 18.4. The minimum atomic E-state index is -1.10. The molecule has 0 atom stereocenters. The lowest BCUT2D eigenvalue weighted by molar-refractivity contribution is 1.12. The molecule has 1 aliphatic rings. The van der Waals surface area contributed by atoms with Gasteiger partial charge in [0.1, 0.15) is 0 Å². The van der Waals surface area contributed by atoms with Crippen LogP contribution >= 0.6 is 14.5 Å². The molecule has 0 amide bonds. The molecule has 0 aromatic heterocycles. The first-order valence-electron chi connectivity index (χ1n) is 12.6. The van der Waals surface area contributed by atoms with Crippen LogP contribution < -0.4 is 0 Å². The van der Waals surface area contributed by atoms with E-state index < -0.39 is 14.5 Å². The van der Waals surface area contributed by atoms with Gasteiger partial charge in [0.05, 0.1) is 49.3 Å². The lowest BCUT2D eigenvalue weighted by Gasteiger charge is -2.38. The molecule has 5 rings (SSSR count). The van der Waals surface area contributed by atoms with Crippen molar-refractivity contribution < 1.29 is 0 Å². The first-order valence-corrected chi connectivity index (χ1v) is 17.6. The van der Waals surface area contributed by atoms with Crippen LogP contribution in [0.2, 0.25) is 0 Å². The topological polar surface area (TPSA) is 0 Å². The standard InChI is InChI=1S/C32H36P2/c1-5-13-29(14-6-1)25-33(26-30-15-7-2-8-16-30)21-23-34(24-22-33,27-31-17-9-3-10-18-31)28-32-19-11-4-12-20-32/h1-20H,21-28H2/q+2. The Kier molecular flexibility index (Phi) is 7.59. The maximum atomic E-state index is 2.36. The predicted molar refractivity (Wildman–Crippen MR) is 154 cm³/mol. The van der Waals surface area contributed by atoms with Gasteiger partial charge in [0, 0.05) is 14.5 Å². The van der Waals surface area contributed by atoms with Crippen molar-refractivity contribution in [2.75, 3.05) is 24.6 Å². The highest BCUT2D eigenvalue weighted by Crippen LogP contribution is 2.76. The van der Waals surface area contributed by atoms with Crippen LogP contribution in [0.15, 0.2) is 121 Å². The van der Waals surface area contributed by atoms with E-state index in [1.165, 1.54) is 49.3 Å². The van der Waals surface area contributed by atoms with Gasteiger partial charge in [0.2, 0.25) is 0 Å². The quantitative estimate of drug-likeness (QED) is 0.220. The summed E-state index contributed by atoms with van der Waals surface area (Å²) in [6, 6.07) is 45.3. The molecule has 2 heteroatoms. The second-order valence-electron chi connectivity index (χ2n) is 10.2. The van der Waals surface area contributed by atoms with E-state index >= 15 is 0 Å². The average molecular weight is 483 g/mol. The lowest BCUT2D eigenvalue weighted by atomic mass is 10.2. The first kappa shape index (κ1) is 23.5. The monoisotopic (exact) mass is 482 g/mol. The van der Waals surface area contributed by atoms with Gasteiger partial charge in [-0.3, -0.25) is 0 Å². The first-order chi connectivity index (χ1) is 16.7. The maximum absolute atomic E-state index is 2.36. The molecule has 0 spiro atoms. The molecule has 0 radical (unpaired) electrons. The third-order valence-electron chi connectivity index (χ3n) is 7.54. The van der Waals surface area contributed by atoms with Gasteiger partial charge in [-0.25, -0.2) is 0 Å². The Morgan fingerprint density at radius 2 is 0.529 bits per heavy atom. The summed E-state index contributed by atoms with van der Waals surface area (Å²) >= 11 is 0. The summed E-state index contributed by atoms with van der Waals surface area (Å²) in [7, 11) is -2.19. The Balaban J connectivity index is 1.42. The van der Waals surface area contributed by atoms with Gasteiger partial charge in [0.25, 0.3) is 0 Å². The van der Waals surface area contributed by atoms with Crippen LogP contribution in [0, 0.1) is 0 Å². The average Bonchev–Trinajstić information content (AvgIpc) is 2.89. The largest absolute Gasteiger partial charge is 0.0937 e. The van der Waals surface area contributed by atoms with Crippen LogP contribution in [0.3, 0.4) is 0 Å². The van der Waals surface area contributed by atoms with Crippen LogP contribution in [0.25, 0.3) is 0 Å². The van der Waals surface area contributed by atoms with Gasteiger partial charge >= 0.3 is 0 Å². The van der Waals surface area contributed by atoms with Crippen LogP contribution in [-0.2, 0) is 24.6 Å². The fraction of sp³-hybridized carbons (Fsp3) is 0.250. The van der Waals surface area contributed by atoms with Crippen LogP contribution in [0.1, 0.15) is 22.3 Å². The van der Waals surface area contributed by atoms with Crippen LogP contribution in [-0.4, -0.2) is 24.6 Å². The Hall–Kier alpha value is -2.26. The second-order valence-corrected chi connectivity index (χ2v) is 18.6. The predicted octanol–water partition coefficient (Wildman–Crippen LogP) is 8.84. The zero-order valence-electron chi connectivity index (χ0n) is 20.1. The Bertz CT molecular complexity index is 951. The van der Waals surface area contributed by atoms with Crippen molar-refractivity contribution >= 4 is 14.5 Å². The smallest absolute Gasteiger partial charge is 0.0622 e. The molecule has 4 aromatic rings. The highest BCUT2D eigenvalue weighted by atomic mass is 31.2. The summed E-state index contributed by atoms with van der Waals surface area (Å²) in [5, 5.41) is 0. The Labute approximate surface area is 207 Å². The van der Waals surface area contributed by atoms with Gasteiger partial charge in [-0.2, -0.15) is 0 Å². The maximum Gasteiger partial charge on any atom is 0.0937 e. The van der Waals surface area contributed by atoms with Gasteiger partial charge in [-0.15, -0.1) is 0 Å². The minimum Gasteiger partial charge on any atom is -0.0622 e. The van der Waals surface area contributed by atoms with E-state index in [0.717, 1.165) is 0 Å². The fourth-order valence-electron chi connectivity index (χ4n) is 5.70. The molecule has 0 N–H and O–H groups in total. The lowest BCUT2D eigenvalue weighted by Crippen LogP contribution is -2.26. The summed E-state index contributed by atoms with van der Waals surface area (Å²) in [5.74, 6) is 0. The van der Waals surface area contributed by atoms with Crippen molar-refractivity contribution in [3.05, 3.63) is 144 Å². The zero-order chi connectivity index (χ0) is 23.1. The molecule has 0 bridgehead atoms. The van der Waals surface area contributed by atoms with E-state index in [1.54, 1.807) is 22.3 Å². The van der Waals surface area contributed by atoms with Gasteiger partial charge in [-0.05, 0) is 22.3 Å². The normalized spacial score (nSPS) is 16.7. The summed E-state index contributed by atoms with van der Waals surface area (Å²) in [6.45, 7) is 0. The van der Waals surface area contributed by atoms with Crippen molar-refractivity contribution in [1.82, 2.24) is 0 Å². The Morgan fingerprint density at radius 3 is 0.735 bits per heavy atom. The molecule has 0 nitrogen and oxygen atoms in total. The molecule has 0 unspecified atom stereocenters. The SMILES string of the molecule is c1ccc(C[P+]2(Cc3ccccc3)CC[P+](Cc3ccccc3)(Cc3ccccc3)CC2)cc1. The summed E-state index contributed by atoms with van der Waals surface area (Å²) in [6.07, 6.45) is 11.0. The van der Waals surface area contributed by atoms with Crippen LogP contribution in [0.5, 0.6) is 0 Å². The summed E-state index contributed by atoms with van der Waals surface area (Å²) < 4.78 is 0. The molecule has 0 aliphatic carbocycles. The van der Waals surface area contributed by atoms with Gasteiger partial charge in [0.15, 0.2) is 0 Å². The highest BCUT2D eigenvalue weighted by molar-refractivity contribution is 7.81. The van der Waals surface area contributed by atoms with Gasteiger partial charge < -0.3 is 0 Å². The molecule has 0 saturated carbocycles. The summed E-state index contributed by atoms with van der Waals surface area (Å²) in [4.78, 5) is 0. The minimum absolute atomic E-state index is 1.10. The van der Waals surface area contributed by atoms with E-state index in [-0.39, 0.29) is 0 Å². The molecule has 1 heterocycles. The van der Waals surface area contributed by atoms with E-state index in [4.69, 9.17) is 0 Å². The second kappa shape index (κ2) is 11.0. The molecule has 1 fully saturated rings. The van der Waals surface area contributed by atoms with Crippen molar-refractivity contribution in [1.29, 1.82) is 0 Å². The molecule has 172 valence electrons. The number of hydrogen-bond donors (Lipinski definition) is 0. The molecule has 1 aliphatic heterocycles. The van der Waals surface area contributed by atoms with Crippen molar-refractivity contribution in [2.24, 2.45) is 0 Å². The third-order valence-corrected chi connectivity index (χ3v) is 17.1. The molecule has 34 heavy (non-hydrogen) atoms.